The van der Waals surface area contributed by atoms with Crippen molar-refractivity contribution in [3.8, 4) is 5.75 Å². The van der Waals surface area contributed by atoms with Gasteiger partial charge in [0.1, 0.15) is 10.9 Å². The number of aromatic nitrogens is 2. The fourth-order valence-corrected chi connectivity index (χ4v) is 1.76. The molecule has 0 N–H and O–H groups in total. The molecule has 0 atom stereocenters. The zero-order valence-electron chi connectivity index (χ0n) is 10.6. The molecule has 0 aliphatic heterocycles. The molecular weight excluding hydrogens is 264 g/mol. The van der Waals surface area contributed by atoms with E-state index in [9.17, 15) is 4.79 Å². The van der Waals surface area contributed by atoms with Crippen LogP contribution in [-0.2, 0) is 0 Å². The second-order valence-electron chi connectivity index (χ2n) is 4.27. The SMILES string of the molecule is CC(C)Oc1cncc(C(=O)c2ccnc(Cl)c2)c1. The van der Waals surface area contributed by atoms with Crippen LogP contribution in [0.25, 0.3) is 0 Å². The lowest BCUT2D eigenvalue weighted by Gasteiger charge is -2.10. The molecule has 0 aliphatic carbocycles. The lowest BCUT2D eigenvalue weighted by atomic mass is 10.1. The number of pyridine rings is 2. The zero-order valence-corrected chi connectivity index (χ0v) is 11.4. The summed E-state index contributed by atoms with van der Waals surface area (Å²) in [4.78, 5) is 20.1. The first-order chi connectivity index (χ1) is 9.06. The number of nitrogens with zero attached hydrogens (tertiary/aromatic N) is 2. The summed E-state index contributed by atoms with van der Waals surface area (Å²) >= 11 is 5.77. The van der Waals surface area contributed by atoms with Gasteiger partial charge in [-0.05, 0) is 32.0 Å². The lowest BCUT2D eigenvalue weighted by Crippen LogP contribution is -2.08. The van der Waals surface area contributed by atoms with Gasteiger partial charge in [-0.2, -0.15) is 0 Å². The summed E-state index contributed by atoms with van der Waals surface area (Å²) in [5, 5.41) is 0.286. The van der Waals surface area contributed by atoms with Gasteiger partial charge >= 0.3 is 0 Å². The Balaban J connectivity index is 2.29. The van der Waals surface area contributed by atoms with Crippen LogP contribution in [0.4, 0.5) is 0 Å². The first-order valence-electron chi connectivity index (χ1n) is 5.84. The predicted molar refractivity (Wildman–Crippen MR) is 72.7 cm³/mol. The van der Waals surface area contributed by atoms with Gasteiger partial charge in [-0.1, -0.05) is 11.6 Å². The molecule has 19 heavy (non-hydrogen) atoms. The first kappa shape index (κ1) is 13.5. The largest absolute Gasteiger partial charge is 0.489 e. The van der Waals surface area contributed by atoms with Crippen molar-refractivity contribution in [3.63, 3.8) is 0 Å². The van der Waals surface area contributed by atoms with Crippen molar-refractivity contribution >= 4 is 17.4 Å². The first-order valence-corrected chi connectivity index (χ1v) is 6.22. The Labute approximate surface area is 116 Å². The van der Waals surface area contributed by atoms with E-state index in [0.717, 1.165) is 0 Å². The number of carbonyl (C=O) groups excluding carboxylic acids is 1. The molecule has 2 heterocycles. The molecule has 2 aromatic rings. The highest BCUT2D eigenvalue weighted by Gasteiger charge is 2.11. The average molecular weight is 277 g/mol. The van der Waals surface area contributed by atoms with Crippen LogP contribution in [0.3, 0.4) is 0 Å². The minimum atomic E-state index is -0.161. The Morgan fingerprint density at radius 3 is 2.74 bits per heavy atom. The Kier molecular flexibility index (Phi) is 4.12. The van der Waals surface area contributed by atoms with Crippen LogP contribution < -0.4 is 4.74 Å². The molecule has 2 aromatic heterocycles. The van der Waals surface area contributed by atoms with E-state index in [4.69, 9.17) is 16.3 Å². The van der Waals surface area contributed by atoms with Crippen LogP contribution in [0, 0.1) is 0 Å². The van der Waals surface area contributed by atoms with E-state index in [1.54, 1.807) is 18.3 Å². The van der Waals surface area contributed by atoms with Crippen molar-refractivity contribution in [3.05, 3.63) is 53.1 Å². The minimum Gasteiger partial charge on any atom is -0.489 e. The van der Waals surface area contributed by atoms with Gasteiger partial charge in [-0.15, -0.1) is 0 Å². The van der Waals surface area contributed by atoms with Gasteiger partial charge in [0.2, 0.25) is 0 Å². The monoisotopic (exact) mass is 276 g/mol. The second kappa shape index (κ2) is 5.80. The van der Waals surface area contributed by atoms with E-state index >= 15 is 0 Å². The van der Waals surface area contributed by atoms with Crippen molar-refractivity contribution < 1.29 is 9.53 Å². The van der Waals surface area contributed by atoms with Crippen molar-refractivity contribution in [2.45, 2.75) is 20.0 Å². The van der Waals surface area contributed by atoms with Gasteiger partial charge in [-0.3, -0.25) is 9.78 Å². The van der Waals surface area contributed by atoms with Gasteiger partial charge in [0.25, 0.3) is 0 Å². The molecule has 0 amide bonds. The molecule has 0 unspecified atom stereocenters. The molecular formula is C14H13ClN2O2. The standard InChI is InChI=1S/C14H13ClN2O2/c1-9(2)19-12-5-11(7-16-8-12)14(18)10-3-4-17-13(15)6-10/h3-9H,1-2H3. The maximum atomic E-state index is 12.3. The molecule has 0 saturated heterocycles. The number of carbonyl (C=O) groups is 1. The highest BCUT2D eigenvalue weighted by molar-refractivity contribution is 6.29. The van der Waals surface area contributed by atoms with E-state index in [1.165, 1.54) is 18.5 Å². The van der Waals surface area contributed by atoms with Gasteiger partial charge in [0.05, 0.1) is 12.3 Å². The average Bonchev–Trinajstić information content (AvgIpc) is 2.37. The highest BCUT2D eigenvalue weighted by Crippen LogP contribution is 2.17. The molecule has 0 aliphatic rings. The smallest absolute Gasteiger partial charge is 0.194 e. The van der Waals surface area contributed by atoms with Crippen LogP contribution in [0.5, 0.6) is 5.75 Å². The molecule has 2 rings (SSSR count). The van der Waals surface area contributed by atoms with Crippen molar-refractivity contribution in [2.75, 3.05) is 0 Å². The lowest BCUT2D eigenvalue weighted by molar-refractivity contribution is 0.103. The molecule has 0 fully saturated rings. The van der Waals surface area contributed by atoms with Gasteiger partial charge in [-0.25, -0.2) is 4.98 Å². The van der Waals surface area contributed by atoms with E-state index in [2.05, 4.69) is 9.97 Å². The van der Waals surface area contributed by atoms with Crippen molar-refractivity contribution in [1.82, 2.24) is 9.97 Å². The van der Waals surface area contributed by atoms with Gasteiger partial charge in [0, 0.05) is 23.5 Å². The van der Waals surface area contributed by atoms with Gasteiger partial charge in [0.15, 0.2) is 5.78 Å². The number of ether oxygens (including phenoxy) is 1. The summed E-state index contributed by atoms with van der Waals surface area (Å²) < 4.78 is 5.51. The third kappa shape index (κ3) is 3.51. The summed E-state index contributed by atoms with van der Waals surface area (Å²) in [7, 11) is 0. The molecule has 0 saturated carbocycles. The summed E-state index contributed by atoms with van der Waals surface area (Å²) in [5.41, 5.74) is 0.934. The topological polar surface area (TPSA) is 52.1 Å². The normalized spacial score (nSPS) is 10.5. The molecule has 98 valence electrons. The molecule has 0 spiro atoms. The number of halogens is 1. The third-order valence-electron chi connectivity index (χ3n) is 2.34. The number of hydrogen-bond donors (Lipinski definition) is 0. The number of ketones is 1. The van der Waals surface area contributed by atoms with E-state index in [-0.39, 0.29) is 17.0 Å². The summed E-state index contributed by atoms with van der Waals surface area (Å²) in [6, 6.07) is 4.81. The van der Waals surface area contributed by atoms with Crippen LogP contribution >= 0.6 is 11.6 Å². The van der Waals surface area contributed by atoms with Crippen molar-refractivity contribution in [1.29, 1.82) is 0 Å². The maximum Gasteiger partial charge on any atom is 0.194 e. The molecule has 0 radical (unpaired) electrons. The Bertz CT molecular complexity index is 600. The van der Waals surface area contributed by atoms with Crippen LogP contribution in [0.2, 0.25) is 5.15 Å². The molecule has 5 heteroatoms. The van der Waals surface area contributed by atoms with Crippen molar-refractivity contribution in [2.24, 2.45) is 0 Å². The number of hydrogen-bond acceptors (Lipinski definition) is 4. The third-order valence-corrected chi connectivity index (χ3v) is 2.54. The summed E-state index contributed by atoms with van der Waals surface area (Å²) in [6.45, 7) is 3.83. The summed E-state index contributed by atoms with van der Waals surface area (Å²) in [6.07, 6.45) is 4.61. The quantitative estimate of drug-likeness (QED) is 0.636. The van der Waals surface area contributed by atoms with Gasteiger partial charge < -0.3 is 4.74 Å². The van der Waals surface area contributed by atoms with Crippen LogP contribution in [-0.4, -0.2) is 21.9 Å². The minimum absolute atomic E-state index is 0.0301. The Morgan fingerprint density at radius 1 is 1.26 bits per heavy atom. The fraction of sp³-hybridized carbons (Fsp3) is 0.214. The Morgan fingerprint density at radius 2 is 2.05 bits per heavy atom. The Hall–Kier alpha value is -1.94. The highest BCUT2D eigenvalue weighted by atomic mass is 35.5. The molecule has 4 nitrogen and oxygen atoms in total. The fourth-order valence-electron chi connectivity index (χ4n) is 1.59. The van der Waals surface area contributed by atoms with E-state index < -0.39 is 0 Å². The number of rotatable bonds is 4. The van der Waals surface area contributed by atoms with Crippen LogP contribution in [0.15, 0.2) is 36.8 Å². The van der Waals surface area contributed by atoms with E-state index in [1.807, 2.05) is 13.8 Å². The predicted octanol–water partition coefficient (Wildman–Crippen LogP) is 3.15. The summed E-state index contributed by atoms with van der Waals surface area (Å²) in [5.74, 6) is 0.409. The van der Waals surface area contributed by atoms with E-state index in [0.29, 0.717) is 16.9 Å². The maximum absolute atomic E-state index is 12.3. The molecule has 0 aromatic carbocycles. The zero-order chi connectivity index (χ0) is 13.8. The molecule has 0 bridgehead atoms. The second-order valence-corrected chi connectivity index (χ2v) is 4.66. The van der Waals surface area contributed by atoms with Crippen LogP contribution in [0.1, 0.15) is 29.8 Å².